The lowest BCUT2D eigenvalue weighted by Gasteiger charge is -2.28. The van der Waals surface area contributed by atoms with Gasteiger partial charge in [-0.15, -0.1) is 0 Å². The van der Waals surface area contributed by atoms with Crippen molar-refractivity contribution < 1.29 is 70.1 Å². The Morgan fingerprint density at radius 1 is 0.763 bits per heavy atom. The van der Waals surface area contributed by atoms with E-state index in [9.17, 15) is 29.1 Å². The number of aromatic nitrogens is 6. The number of esters is 2. The summed E-state index contributed by atoms with van der Waals surface area (Å²) in [6, 6.07) is 24.9. The topological polar surface area (TPSA) is 304 Å². The number of carbonyl (C=O) groups excluding carboxylic acids is 3. The number of H-pyrrole nitrogens is 1. The van der Waals surface area contributed by atoms with Crippen LogP contribution in [0.5, 0.6) is 17.2 Å². The van der Waals surface area contributed by atoms with Crippen molar-refractivity contribution in [1.82, 2.24) is 29.1 Å². The van der Waals surface area contributed by atoms with Gasteiger partial charge in [0.25, 0.3) is 5.56 Å². The Balaban J connectivity index is 0.933. The van der Waals surface area contributed by atoms with E-state index < -0.39 is 93.0 Å². The Hall–Kier alpha value is -6.83. The summed E-state index contributed by atoms with van der Waals surface area (Å²) in [4.78, 5) is 76.4. The van der Waals surface area contributed by atoms with Crippen LogP contribution in [0.4, 0.5) is 10.2 Å². The van der Waals surface area contributed by atoms with E-state index in [0.29, 0.717) is 34.4 Å². The lowest BCUT2D eigenvalue weighted by Crippen LogP contribution is -2.36. The molecule has 3 aromatic heterocycles. The van der Waals surface area contributed by atoms with E-state index in [1.807, 2.05) is 0 Å². The number of imidazole rings is 1. The van der Waals surface area contributed by atoms with Crippen LogP contribution >= 0.6 is 36.4 Å². The van der Waals surface area contributed by atoms with Crippen LogP contribution in [0.25, 0.3) is 11.2 Å². The molecular formula is C48H42FN7O16P2S2. The van der Waals surface area contributed by atoms with Crippen LogP contribution in [0, 0.1) is 0 Å². The molecule has 23 nitrogen and oxygen atoms in total. The number of carbonyl (C=O) groups is 3. The average molecular weight is 1120 g/mol. The van der Waals surface area contributed by atoms with Crippen LogP contribution in [-0.2, 0) is 48.2 Å². The van der Waals surface area contributed by atoms with Crippen molar-refractivity contribution in [2.45, 2.75) is 61.0 Å². The van der Waals surface area contributed by atoms with Gasteiger partial charge in [0.15, 0.2) is 30.1 Å². The average Bonchev–Trinajstić information content (AvgIpc) is 4.14. The number of benzene rings is 4. The van der Waals surface area contributed by atoms with Crippen molar-refractivity contribution in [2.75, 3.05) is 18.9 Å². The van der Waals surface area contributed by atoms with Crippen LogP contribution in [0.2, 0.25) is 0 Å². The van der Waals surface area contributed by atoms with Gasteiger partial charge in [0.2, 0.25) is 0 Å². The van der Waals surface area contributed by atoms with Gasteiger partial charge >= 0.3 is 31.2 Å². The number of fused-ring (bicyclic) bond motifs is 4. The summed E-state index contributed by atoms with van der Waals surface area (Å²) in [5, 5.41) is 9.59. The highest BCUT2D eigenvalue weighted by Gasteiger charge is 2.53. The van der Waals surface area contributed by atoms with Crippen LogP contribution in [0.15, 0.2) is 132 Å². The smallest absolute Gasteiger partial charge is 0.389 e. The van der Waals surface area contributed by atoms with Crippen molar-refractivity contribution in [3.63, 3.8) is 0 Å². The standard InChI is InChI=1S/C48H42FN7O16P2S2/c49-39-41-37(70-45(39)55-18-17-38(59)54-48(55)62)22-66-73(63,75-23-28-3-13-33(14-4-28)68-46(60)30-7-1-27(20-57)2-8-30)71-36-19-35(67-44(36)56-26-53-40-42(50)51-25-52-43(40)56)21-65-74(64,72-41)76-24-29-5-15-34(16-6-29)69-47(61)31-9-11-32(58)12-10-31/h1-18,20,25-26,35-37,39,41,44-45,58H,19,21-24H2,(H2,50,51,52)(H,54,59,62)/t35-,36+,37+,39+,41+,44+,45+,73?,74?/m0/s1. The number of aldehydes is 1. The molecule has 6 heterocycles. The number of alkyl halides is 1. The molecule has 2 unspecified atom stereocenters. The van der Waals surface area contributed by atoms with Gasteiger partial charge in [-0.1, -0.05) is 36.4 Å². The largest absolute Gasteiger partial charge is 0.508 e. The number of hydrogen-bond donors (Lipinski definition) is 3. The van der Waals surface area contributed by atoms with E-state index in [1.54, 1.807) is 24.3 Å². The molecule has 3 aliphatic rings. The first-order valence-corrected chi connectivity index (χ1v) is 29.2. The first-order chi connectivity index (χ1) is 36.6. The molecule has 2 bridgehead atoms. The summed E-state index contributed by atoms with van der Waals surface area (Å²) in [6.45, 7) is -10.2. The molecule has 7 aromatic rings. The van der Waals surface area contributed by atoms with Crippen LogP contribution in [-0.4, -0.2) is 96.2 Å². The zero-order valence-corrected chi connectivity index (χ0v) is 42.6. The number of nitrogen functional groups attached to an aromatic ring is 1. The number of rotatable bonds is 13. The molecule has 0 aliphatic carbocycles. The molecule has 0 radical (unpaired) electrons. The van der Waals surface area contributed by atoms with Crippen molar-refractivity contribution >= 4 is 71.6 Å². The minimum atomic E-state index is -4.55. The first-order valence-electron chi connectivity index (χ1n) is 22.9. The zero-order chi connectivity index (χ0) is 53.1. The van der Waals surface area contributed by atoms with E-state index in [-0.39, 0.29) is 63.3 Å². The first kappa shape index (κ1) is 52.6. The summed E-state index contributed by atoms with van der Waals surface area (Å²) in [5.74, 6) is -1.02. The molecule has 3 fully saturated rings. The molecule has 0 saturated carbocycles. The SMILES string of the molecule is Nc1ncnc2c1ncn2[C@@H]1O[C@@H]2COP(=O)(SCc3ccc(OC(=O)c4ccc(O)cc4)cc3)O[C@H]3[C@@H](F)[C@H](n4ccc(=O)[nH]c4=O)O[C@@H]3COP(=O)(SCc3ccc(OC(=O)c4ccc(C=O)cc4)cc3)O[C@@H]1C2. The molecule has 3 aliphatic heterocycles. The molecule has 28 heteroatoms. The van der Waals surface area contributed by atoms with Gasteiger partial charge in [0, 0.05) is 35.8 Å². The number of anilines is 1. The fourth-order valence-electron chi connectivity index (χ4n) is 8.12. The second kappa shape index (κ2) is 22.4. The van der Waals surface area contributed by atoms with Crippen molar-refractivity contribution in [2.24, 2.45) is 0 Å². The minimum Gasteiger partial charge on any atom is -0.508 e. The molecule has 0 amide bonds. The van der Waals surface area contributed by atoms with Gasteiger partial charge in [-0.2, -0.15) is 0 Å². The minimum absolute atomic E-state index is 0.0249. The predicted molar refractivity (Wildman–Crippen MR) is 271 cm³/mol. The van der Waals surface area contributed by atoms with E-state index >= 15 is 13.5 Å². The molecule has 0 spiro atoms. The molecule has 10 rings (SSSR count). The number of nitrogens with zero attached hydrogens (tertiary/aromatic N) is 5. The molecule has 4 N–H and O–H groups in total. The highest BCUT2D eigenvalue weighted by molar-refractivity contribution is 8.55. The normalized spacial score (nSPS) is 25.6. The van der Waals surface area contributed by atoms with E-state index in [2.05, 4.69) is 19.9 Å². The number of nitrogens with one attached hydrogen (secondary N) is 1. The van der Waals surface area contributed by atoms with Crippen LogP contribution < -0.4 is 26.5 Å². The summed E-state index contributed by atoms with van der Waals surface area (Å²) >= 11 is 1.44. The van der Waals surface area contributed by atoms with E-state index in [4.69, 9.17) is 42.8 Å². The highest BCUT2D eigenvalue weighted by Crippen LogP contribution is 2.67. The maximum Gasteiger partial charge on any atom is 0.389 e. The lowest BCUT2D eigenvalue weighted by atomic mass is 10.1. The van der Waals surface area contributed by atoms with Crippen LogP contribution in [0.3, 0.4) is 0 Å². The Morgan fingerprint density at radius 2 is 1.37 bits per heavy atom. The Kier molecular flexibility index (Phi) is 15.5. The van der Waals surface area contributed by atoms with Gasteiger partial charge in [-0.3, -0.25) is 41.8 Å². The van der Waals surface area contributed by atoms with E-state index in [1.165, 1.54) is 90.0 Å². The number of halogens is 1. The van der Waals surface area contributed by atoms with Gasteiger partial charge in [-0.25, -0.2) is 42.9 Å². The molecule has 394 valence electrons. The second-order valence-electron chi connectivity index (χ2n) is 17.1. The number of aromatic amines is 1. The molecule has 76 heavy (non-hydrogen) atoms. The second-order valence-corrected chi connectivity index (χ2v) is 25.1. The maximum atomic E-state index is 17.0. The molecule has 9 atom stereocenters. The summed E-state index contributed by atoms with van der Waals surface area (Å²) < 4.78 is 98.2. The Bertz CT molecular complexity index is 3500. The van der Waals surface area contributed by atoms with Gasteiger partial charge in [0.1, 0.15) is 53.7 Å². The molecular weight excluding hydrogens is 1080 g/mol. The number of hydrogen-bond acceptors (Lipinski definition) is 22. The third kappa shape index (κ3) is 11.9. The number of phenolic OH excluding ortho intramolecular Hbond substituents is 1. The third-order valence-electron chi connectivity index (χ3n) is 12.0. The third-order valence-corrected chi connectivity index (χ3v) is 19.3. The zero-order valence-electron chi connectivity index (χ0n) is 39.2. The fraction of sp³-hybridized carbons (Fsp3) is 0.250. The van der Waals surface area contributed by atoms with E-state index in [0.717, 1.165) is 28.2 Å². The predicted octanol–water partition coefficient (Wildman–Crippen LogP) is 7.34. The van der Waals surface area contributed by atoms with Crippen molar-refractivity contribution in [1.29, 1.82) is 0 Å². The lowest BCUT2D eigenvalue weighted by molar-refractivity contribution is -0.0574. The Morgan fingerprint density at radius 3 is 1.99 bits per heavy atom. The molecule has 3 saturated heterocycles. The van der Waals surface area contributed by atoms with Gasteiger partial charge in [-0.05, 0) is 94.6 Å². The monoisotopic (exact) mass is 1120 g/mol. The van der Waals surface area contributed by atoms with Crippen molar-refractivity contribution in [3.8, 4) is 17.2 Å². The quantitative estimate of drug-likeness (QED) is 0.0440. The summed E-state index contributed by atoms with van der Waals surface area (Å²) in [5.41, 5.74) is 6.72. The van der Waals surface area contributed by atoms with Crippen LogP contribution in [0.1, 0.15) is 61.1 Å². The Labute approximate surface area is 436 Å². The highest BCUT2D eigenvalue weighted by atomic mass is 32.7. The van der Waals surface area contributed by atoms with Crippen molar-refractivity contribution in [3.05, 3.63) is 171 Å². The number of ether oxygens (including phenoxy) is 4. The number of phenols is 1. The molecule has 4 aromatic carbocycles. The maximum absolute atomic E-state index is 17.0. The number of aromatic hydroxyl groups is 1. The fourth-order valence-corrected chi connectivity index (χ4v) is 14.9. The summed E-state index contributed by atoms with van der Waals surface area (Å²) in [7, 11) is 0. The van der Waals surface area contributed by atoms with Gasteiger partial charge in [0.05, 0.1) is 36.8 Å². The number of nitrogens with two attached hydrogens (primary N) is 1. The van der Waals surface area contributed by atoms with Gasteiger partial charge < -0.3 is 29.8 Å². The summed E-state index contributed by atoms with van der Waals surface area (Å²) in [6.07, 6.45) is -6.42.